The fraction of sp³-hybridized carbons (Fsp3) is 0.146. The molecule has 2 atom stereocenters. The highest BCUT2D eigenvalue weighted by molar-refractivity contribution is 14.1. The van der Waals surface area contributed by atoms with Crippen molar-refractivity contribution in [2.24, 2.45) is 5.16 Å². The van der Waals surface area contributed by atoms with Crippen LogP contribution in [0.1, 0.15) is 39.6 Å². The molecular formula is C48H40IN5O5S2. The van der Waals surface area contributed by atoms with Gasteiger partial charge in [0, 0.05) is 15.6 Å². The molecule has 5 aromatic carbocycles. The third kappa shape index (κ3) is 8.63. The third-order valence-electron chi connectivity index (χ3n) is 10.3. The molecule has 2 aliphatic heterocycles. The summed E-state index contributed by atoms with van der Waals surface area (Å²) in [4.78, 5) is 54.3. The number of hydrogen-bond acceptors (Lipinski definition) is 10. The number of nitrogens with zero attached hydrogens (tertiary/aromatic N) is 3. The van der Waals surface area contributed by atoms with Crippen LogP contribution >= 0.6 is 45.7 Å². The number of rotatable bonds is 16. The van der Waals surface area contributed by atoms with Crippen LogP contribution in [0.15, 0.2) is 186 Å². The minimum Gasteiger partial charge on any atom is -0.448 e. The molecule has 0 spiro atoms. The van der Waals surface area contributed by atoms with E-state index in [1.165, 1.54) is 34.1 Å². The van der Waals surface area contributed by atoms with E-state index in [-0.39, 0.29) is 23.7 Å². The van der Waals surface area contributed by atoms with Crippen LogP contribution in [-0.2, 0) is 29.5 Å². The number of carbonyl (C=O) groups is 3. The van der Waals surface area contributed by atoms with Crippen molar-refractivity contribution in [3.63, 3.8) is 0 Å². The molecule has 0 saturated carbocycles. The summed E-state index contributed by atoms with van der Waals surface area (Å²) in [5, 5.41) is 12.5. The molecule has 2 N–H and O–H groups in total. The second-order valence-electron chi connectivity index (χ2n) is 14.1. The molecule has 10 nitrogen and oxygen atoms in total. The predicted molar refractivity (Wildman–Crippen MR) is 249 cm³/mol. The van der Waals surface area contributed by atoms with Crippen molar-refractivity contribution < 1.29 is 24.0 Å². The molecule has 8 rings (SSSR count). The fourth-order valence-electron chi connectivity index (χ4n) is 7.47. The SMILES string of the molecule is C=CCON=C(C(=O)NC1C(=O)N2C(C(=O)OC(c3ccccc3)c3ccccc3)=C(CI)CS[C@@H]12)c1csc(NC(c2ccccc2)(c2ccccc2)c2ccccc2)n1. The van der Waals surface area contributed by atoms with Crippen LogP contribution in [-0.4, -0.2) is 61.6 Å². The van der Waals surface area contributed by atoms with E-state index in [0.717, 1.165) is 33.4 Å². The Morgan fingerprint density at radius 1 is 0.852 bits per heavy atom. The first-order chi connectivity index (χ1) is 29.9. The lowest BCUT2D eigenvalue weighted by atomic mass is 9.77. The monoisotopic (exact) mass is 957 g/mol. The summed E-state index contributed by atoms with van der Waals surface area (Å²) < 4.78 is 6.75. The molecule has 1 saturated heterocycles. The summed E-state index contributed by atoms with van der Waals surface area (Å²) >= 11 is 4.99. The lowest BCUT2D eigenvalue weighted by Crippen LogP contribution is -2.71. The van der Waals surface area contributed by atoms with E-state index in [9.17, 15) is 14.4 Å². The molecule has 3 heterocycles. The second-order valence-corrected chi connectivity index (χ2v) is 16.8. The van der Waals surface area contributed by atoms with Crippen molar-refractivity contribution in [3.8, 4) is 0 Å². The van der Waals surface area contributed by atoms with Crippen LogP contribution in [0.5, 0.6) is 0 Å². The summed E-state index contributed by atoms with van der Waals surface area (Å²) in [6.07, 6.45) is 0.827. The number of benzene rings is 5. The van der Waals surface area contributed by atoms with Crippen molar-refractivity contribution in [3.05, 3.63) is 214 Å². The number of carbonyl (C=O) groups excluding carboxylic acids is 3. The number of oxime groups is 1. The molecule has 306 valence electrons. The predicted octanol–water partition coefficient (Wildman–Crippen LogP) is 8.88. The number of β-lactam (4-membered cyclic amide) rings is 1. The maximum Gasteiger partial charge on any atom is 0.356 e. The van der Waals surface area contributed by atoms with E-state index in [1.807, 2.05) is 115 Å². The maximum atomic E-state index is 14.2. The number of amides is 2. The Morgan fingerprint density at radius 3 is 1.89 bits per heavy atom. The molecule has 0 aliphatic carbocycles. The maximum absolute atomic E-state index is 14.2. The lowest BCUT2D eigenvalue weighted by Gasteiger charge is -2.49. The number of ether oxygens (including phenoxy) is 1. The smallest absolute Gasteiger partial charge is 0.356 e. The van der Waals surface area contributed by atoms with Gasteiger partial charge in [0.05, 0.1) is 0 Å². The minimum atomic E-state index is -0.946. The van der Waals surface area contributed by atoms with E-state index < -0.39 is 40.8 Å². The van der Waals surface area contributed by atoms with E-state index in [1.54, 1.807) is 5.38 Å². The highest BCUT2D eigenvalue weighted by Crippen LogP contribution is 2.43. The molecule has 1 fully saturated rings. The molecule has 2 aliphatic rings. The number of nitrogens with one attached hydrogen (secondary N) is 2. The standard InChI is InChI=1S/C48H40IN5O5S2/c1-2-28-58-53-39(38-31-61-47(50-38)52-48(35-22-12-5-13-23-35,36-24-14-6-15-25-36)37-26-16-7-17-27-37)43(55)51-40-44(56)54-41(34(29-49)30-60-45(40)54)46(57)59-42(32-18-8-3-9-19-32)33-20-10-4-11-21-33/h2-27,31,40,42,45H,1,28-30H2,(H,50,52)(H,51,55)/t40?,45-/m0/s1. The number of halogens is 1. The zero-order valence-corrected chi connectivity index (χ0v) is 36.5. The number of anilines is 1. The van der Waals surface area contributed by atoms with Gasteiger partial charge in [-0.05, 0) is 33.4 Å². The lowest BCUT2D eigenvalue weighted by molar-refractivity contribution is -0.154. The van der Waals surface area contributed by atoms with Crippen LogP contribution in [0.3, 0.4) is 0 Å². The van der Waals surface area contributed by atoms with Gasteiger partial charge >= 0.3 is 5.97 Å². The average Bonchev–Trinajstić information content (AvgIpc) is 3.79. The molecule has 1 unspecified atom stereocenters. The number of esters is 1. The molecule has 2 amide bonds. The Morgan fingerprint density at radius 2 is 1.38 bits per heavy atom. The zero-order chi connectivity index (χ0) is 42.2. The first-order valence-electron chi connectivity index (χ1n) is 19.5. The van der Waals surface area contributed by atoms with Gasteiger partial charge in [0.25, 0.3) is 11.8 Å². The van der Waals surface area contributed by atoms with Gasteiger partial charge in [-0.15, -0.1) is 23.1 Å². The summed E-state index contributed by atoms with van der Waals surface area (Å²) in [5.41, 5.74) is 4.84. The molecule has 0 radical (unpaired) electrons. The molecule has 1 aromatic heterocycles. The number of thioether (sulfide) groups is 1. The number of hydrogen-bond donors (Lipinski definition) is 2. The number of thiazole rings is 1. The van der Waals surface area contributed by atoms with Crippen molar-refractivity contribution in [1.82, 2.24) is 15.2 Å². The first-order valence-corrected chi connectivity index (χ1v) is 22.9. The highest BCUT2D eigenvalue weighted by Gasteiger charge is 2.55. The van der Waals surface area contributed by atoms with Gasteiger partial charge in [-0.3, -0.25) is 14.5 Å². The number of fused-ring (bicyclic) bond motifs is 1. The van der Waals surface area contributed by atoms with Gasteiger partial charge in [-0.2, -0.15) is 0 Å². The van der Waals surface area contributed by atoms with E-state index in [2.05, 4.69) is 81.4 Å². The molecule has 13 heteroatoms. The quantitative estimate of drug-likeness (QED) is 0.0114. The van der Waals surface area contributed by atoms with Crippen LogP contribution < -0.4 is 10.6 Å². The summed E-state index contributed by atoms with van der Waals surface area (Å²) in [5.74, 6) is -1.21. The van der Waals surface area contributed by atoms with E-state index >= 15 is 0 Å². The summed E-state index contributed by atoms with van der Waals surface area (Å²) in [6.45, 7) is 3.75. The van der Waals surface area contributed by atoms with Crippen LogP contribution in [0, 0.1) is 0 Å². The third-order valence-corrected chi connectivity index (χ3v) is 13.4. The van der Waals surface area contributed by atoms with Crippen LogP contribution in [0.2, 0.25) is 0 Å². The van der Waals surface area contributed by atoms with Gasteiger partial charge in [0.2, 0.25) is 0 Å². The average molecular weight is 958 g/mol. The topological polar surface area (TPSA) is 122 Å². The number of alkyl halides is 1. The van der Waals surface area contributed by atoms with Crippen LogP contribution in [0.25, 0.3) is 0 Å². The van der Waals surface area contributed by atoms with E-state index in [0.29, 0.717) is 15.3 Å². The Labute approximate surface area is 375 Å². The van der Waals surface area contributed by atoms with Crippen molar-refractivity contribution >= 4 is 74.3 Å². The van der Waals surface area contributed by atoms with E-state index in [4.69, 9.17) is 14.6 Å². The molecular weight excluding hydrogens is 918 g/mol. The Hall–Kier alpha value is -6.03. The Balaban J connectivity index is 1.05. The number of aromatic nitrogens is 1. The van der Waals surface area contributed by atoms with Gasteiger partial charge in [-0.1, -0.05) is 192 Å². The van der Waals surface area contributed by atoms with Crippen molar-refractivity contribution in [2.75, 3.05) is 22.1 Å². The van der Waals surface area contributed by atoms with Crippen molar-refractivity contribution in [1.29, 1.82) is 0 Å². The first kappa shape index (κ1) is 41.7. The summed E-state index contributed by atoms with van der Waals surface area (Å²) in [6, 6.07) is 48.4. The van der Waals surface area contributed by atoms with Gasteiger partial charge in [0.1, 0.15) is 35.0 Å². The molecule has 0 bridgehead atoms. The van der Waals surface area contributed by atoms with Gasteiger partial charge in [-0.25, -0.2) is 9.78 Å². The second kappa shape index (κ2) is 19.1. The fourth-order valence-corrected chi connectivity index (χ4v) is 10.6. The Kier molecular flexibility index (Phi) is 13.1. The molecule has 6 aromatic rings. The Bertz CT molecular complexity index is 2420. The normalized spacial score (nSPS) is 16.3. The zero-order valence-electron chi connectivity index (χ0n) is 32.7. The van der Waals surface area contributed by atoms with Gasteiger partial charge in [0.15, 0.2) is 16.9 Å². The van der Waals surface area contributed by atoms with Crippen molar-refractivity contribution in [2.45, 2.75) is 23.1 Å². The van der Waals surface area contributed by atoms with Gasteiger partial charge < -0.3 is 20.2 Å². The highest BCUT2D eigenvalue weighted by atomic mass is 127. The summed E-state index contributed by atoms with van der Waals surface area (Å²) in [7, 11) is 0. The van der Waals surface area contributed by atoms with Crippen LogP contribution in [0.4, 0.5) is 5.13 Å². The molecule has 61 heavy (non-hydrogen) atoms. The largest absolute Gasteiger partial charge is 0.448 e. The minimum absolute atomic E-state index is 0.0437.